The molecule has 0 bridgehead atoms. The van der Waals surface area contributed by atoms with Gasteiger partial charge < -0.3 is 5.73 Å². The first kappa shape index (κ1) is 10.2. The van der Waals surface area contributed by atoms with Crippen molar-refractivity contribution < 1.29 is 0 Å². The molecular weight excluding hydrogens is 331 g/mol. The fraction of sp³-hybridized carbons (Fsp3) is 0. The van der Waals surface area contributed by atoms with Crippen LogP contribution in [0.2, 0.25) is 5.15 Å². The Morgan fingerprint density at radius 2 is 1.86 bits per heavy atom. The van der Waals surface area contributed by atoms with Gasteiger partial charge in [-0.05, 0) is 34.1 Å². The number of hydrogen-bond acceptors (Lipinski definition) is 2. The standard InChI is InChI=1S/C9H5Br2ClN2/c10-5-1-2-6(11)8-4(5)3-7(13)9(12)14-8/h1-3H,13H2. The molecule has 0 amide bonds. The number of aromatic nitrogens is 1. The van der Waals surface area contributed by atoms with Gasteiger partial charge in [0.1, 0.15) is 0 Å². The van der Waals surface area contributed by atoms with E-state index in [1.807, 2.05) is 12.1 Å². The Morgan fingerprint density at radius 3 is 2.57 bits per heavy atom. The number of pyridine rings is 1. The van der Waals surface area contributed by atoms with Crippen LogP contribution in [0.25, 0.3) is 10.9 Å². The number of nitrogen functional groups attached to an aromatic ring is 1. The van der Waals surface area contributed by atoms with Gasteiger partial charge in [-0.1, -0.05) is 27.5 Å². The lowest BCUT2D eigenvalue weighted by Gasteiger charge is -2.04. The number of halogens is 3. The fourth-order valence-electron chi connectivity index (χ4n) is 1.19. The maximum atomic E-state index is 5.84. The predicted octanol–water partition coefficient (Wildman–Crippen LogP) is 4.00. The number of hydrogen-bond donors (Lipinski definition) is 1. The smallest absolute Gasteiger partial charge is 0.152 e. The van der Waals surface area contributed by atoms with Crippen LogP contribution in [0.3, 0.4) is 0 Å². The zero-order valence-electron chi connectivity index (χ0n) is 6.89. The Morgan fingerprint density at radius 1 is 1.21 bits per heavy atom. The summed E-state index contributed by atoms with van der Waals surface area (Å²) in [6.07, 6.45) is 0. The highest BCUT2D eigenvalue weighted by atomic mass is 79.9. The molecule has 0 spiro atoms. The van der Waals surface area contributed by atoms with E-state index in [1.165, 1.54) is 0 Å². The summed E-state index contributed by atoms with van der Waals surface area (Å²) in [7, 11) is 0. The van der Waals surface area contributed by atoms with Gasteiger partial charge in [0.05, 0.1) is 11.2 Å². The van der Waals surface area contributed by atoms with Crippen LogP contribution in [-0.2, 0) is 0 Å². The van der Waals surface area contributed by atoms with Crippen molar-refractivity contribution >= 4 is 60.1 Å². The van der Waals surface area contributed by atoms with E-state index in [9.17, 15) is 0 Å². The summed E-state index contributed by atoms with van der Waals surface area (Å²) in [5.74, 6) is 0. The second-order valence-electron chi connectivity index (χ2n) is 2.79. The topological polar surface area (TPSA) is 38.9 Å². The first-order chi connectivity index (χ1) is 6.59. The molecule has 0 fully saturated rings. The van der Waals surface area contributed by atoms with Crippen LogP contribution < -0.4 is 5.73 Å². The summed E-state index contributed by atoms with van der Waals surface area (Å²) >= 11 is 12.7. The van der Waals surface area contributed by atoms with Gasteiger partial charge in [-0.2, -0.15) is 0 Å². The second kappa shape index (κ2) is 3.68. The van der Waals surface area contributed by atoms with Crippen LogP contribution in [0.4, 0.5) is 5.69 Å². The van der Waals surface area contributed by atoms with Gasteiger partial charge in [0.2, 0.25) is 0 Å². The van der Waals surface area contributed by atoms with Crippen molar-refractivity contribution in [1.82, 2.24) is 4.98 Å². The molecule has 72 valence electrons. The Balaban J connectivity index is 2.94. The molecule has 0 atom stereocenters. The summed E-state index contributed by atoms with van der Waals surface area (Å²) in [6.45, 7) is 0. The maximum Gasteiger partial charge on any atom is 0.152 e. The molecule has 1 aromatic carbocycles. The van der Waals surface area contributed by atoms with Crippen molar-refractivity contribution in [3.05, 3.63) is 32.3 Å². The molecular formula is C9H5Br2ClN2. The molecule has 0 aliphatic rings. The highest BCUT2D eigenvalue weighted by Crippen LogP contribution is 2.32. The van der Waals surface area contributed by atoms with E-state index in [4.69, 9.17) is 17.3 Å². The number of anilines is 1. The molecule has 0 unspecified atom stereocenters. The molecule has 2 nitrogen and oxygen atoms in total. The SMILES string of the molecule is Nc1cc2c(Br)ccc(Br)c2nc1Cl. The van der Waals surface area contributed by atoms with E-state index in [2.05, 4.69) is 36.8 Å². The van der Waals surface area contributed by atoms with Gasteiger partial charge >= 0.3 is 0 Å². The molecule has 0 aliphatic heterocycles. The monoisotopic (exact) mass is 334 g/mol. The molecule has 2 aromatic rings. The molecule has 0 saturated heterocycles. The molecule has 1 aromatic heterocycles. The van der Waals surface area contributed by atoms with Crippen molar-refractivity contribution in [2.24, 2.45) is 0 Å². The van der Waals surface area contributed by atoms with Crippen molar-refractivity contribution in [1.29, 1.82) is 0 Å². The van der Waals surface area contributed by atoms with Gasteiger partial charge in [0.25, 0.3) is 0 Å². The quantitative estimate of drug-likeness (QED) is 0.739. The number of nitrogens with two attached hydrogens (primary N) is 1. The average molecular weight is 336 g/mol. The third-order valence-electron chi connectivity index (χ3n) is 1.86. The summed E-state index contributed by atoms with van der Waals surface area (Å²) in [4.78, 5) is 4.20. The van der Waals surface area contributed by atoms with Gasteiger partial charge in [-0.15, -0.1) is 0 Å². The predicted molar refractivity (Wildman–Crippen MR) is 66.6 cm³/mol. The average Bonchev–Trinajstić information content (AvgIpc) is 2.15. The first-order valence-electron chi connectivity index (χ1n) is 3.79. The minimum atomic E-state index is 0.330. The molecule has 2 N–H and O–H groups in total. The Kier molecular flexibility index (Phi) is 2.68. The van der Waals surface area contributed by atoms with Gasteiger partial charge in [0, 0.05) is 14.3 Å². The number of fused-ring (bicyclic) bond motifs is 1. The highest BCUT2D eigenvalue weighted by Gasteiger charge is 2.07. The van der Waals surface area contributed by atoms with E-state index in [-0.39, 0.29) is 0 Å². The van der Waals surface area contributed by atoms with Crippen molar-refractivity contribution in [3.8, 4) is 0 Å². The van der Waals surface area contributed by atoms with E-state index in [1.54, 1.807) is 6.07 Å². The normalized spacial score (nSPS) is 10.8. The second-order valence-corrected chi connectivity index (χ2v) is 4.86. The largest absolute Gasteiger partial charge is 0.396 e. The minimum Gasteiger partial charge on any atom is -0.396 e. The van der Waals surface area contributed by atoms with Crippen LogP contribution in [0.5, 0.6) is 0 Å². The summed E-state index contributed by atoms with van der Waals surface area (Å²) in [6, 6.07) is 5.65. The Labute approximate surface area is 103 Å². The van der Waals surface area contributed by atoms with Gasteiger partial charge in [0.15, 0.2) is 5.15 Å². The number of benzene rings is 1. The van der Waals surface area contributed by atoms with Crippen molar-refractivity contribution in [2.45, 2.75) is 0 Å². The van der Waals surface area contributed by atoms with Crippen LogP contribution >= 0.6 is 43.5 Å². The lowest BCUT2D eigenvalue weighted by molar-refractivity contribution is 1.40. The van der Waals surface area contributed by atoms with Crippen LogP contribution in [0, 0.1) is 0 Å². The van der Waals surface area contributed by atoms with Gasteiger partial charge in [-0.3, -0.25) is 0 Å². The third kappa shape index (κ3) is 1.62. The summed E-state index contributed by atoms with van der Waals surface area (Å²) in [5.41, 5.74) is 6.96. The zero-order valence-corrected chi connectivity index (χ0v) is 10.8. The zero-order chi connectivity index (χ0) is 10.3. The molecule has 5 heteroatoms. The van der Waals surface area contributed by atoms with Crippen molar-refractivity contribution in [2.75, 3.05) is 5.73 Å². The Bertz CT molecular complexity index is 467. The fourth-order valence-corrected chi connectivity index (χ4v) is 2.19. The van der Waals surface area contributed by atoms with E-state index < -0.39 is 0 Å². The Hall–Kier alpha value is -0.320. The lowest BCUT2D eigenvalue weighted by atomic mass is 10.2. The van der Waals surface area contributed by atoms with Crippen molar-refractivity contribution in [3.63, 3.8) is 0 Å². The molecule has 1 heterocycles. The molecule has 0 radical (unpaired) electrons. The molecule has 2 rings (SSSR count). The van der Waals surface area contributed by atoms with Crippen LogP contribution in [0.15, 0.2) is 27.1 Å². The molecule has 0 aliphatic carbocycles. The molecule has 14 heavy (non-hydrogen) atoms. The summed E-state index contributed by atoms with van der Waals surface area (Å²) < 4.78 is 1.85. The number of rotatable bonds is 0. The van der Waals surface area contributed by atoms with Crippen LogP contribution in [0.1, 0.15) is 0 Å². The first-order valence-corrected chi connectivity index (χ1v) is 5.75. The van der Waals surface area contributed by atoms with E-state index in [0.29, 0.717) is 10.8 Å². The lowest BCUT2D eigenvalue weighted by Crippen LogP contribution is -1.91. The van der Waals surface area contributed by atoms with Crippen LogP contribution in [-0.4, -0.2) is 4.98 Å². The highest BCUT2D eigenvalue weighted by molar-refractivity contribution is 9.11. The minimum absolute atomic E-state index is 0.330. The van der Waals surface area contributed by atoms with E-state index in [0.717, 1.165) is 19.8 Å². The number of nitrogens with zero attached hydrogens (tertiary/aromatic N) is 1. The molecule has 0 saturated carbocycles. The summed E-state index contributed by atoms with van der Waals surface area (Å²) in [5, 5.41) is 1.28. The van der Waals surface area contributed by atoms with Gasteiger partial charge in [-0.25, -0.2) is 4.98 Å². The third-order valence-corrected chi connectivity index (χ3v) is 3.50. The van der Waals surface area contributed by atoms with E-state index >= 15 is 0 Å². The maximum absolute atomic E-state index is 5.84.